The SMILES string of the molecule is COC(=O)N1CCC(N(OCc2ccccc2)C(C)=O)CC1. The van der Waals surface area contributed by atoms with Crippen LogP contribution in [0, 0.1) is 0 Å². The first-order valence-electron chi connectivity index (χ1n) is 7.41. The summed E-state index contributed by atoms with van der Waals surface area (Å²) in [6.07, 6.45) is 1.05. The molecule has 6 nitrogen and oxygen atoms in total. The predicted octanol–water partition coefficient (Wildman–Crippen LogP) is 2.20. The Kier molecular flexibility index (Phi) is 5.77. The third-order valence-corrected chi connectivity index (χ3v) is 3.75. The van der Waals surface area contributed by atoms with Gasteiger partial charge in [-0.25, -0.2) is 9.86 Å². The maximum atomic E-state index is 11.8. The zero-order valence-electron chi connectivity index (χ0n) is 13.0. The van der Waals surface area contributed by atoms with Gasteiger partial charge in [-0.05, 0) is 18.4 Å². The second kappa shape index (κ2) is 7.79. The Bertz CT molecular complexity index is 498. The van der Waals surface area contributed by atoms with Crippen LogP contribution in [0.3, 0.4) is 0 Å². The molecule has 22 heavy (non-hydrogen) atoms. The molecule has 0 radical (unpaired) electrons. The molecular formula is C16H22N2O4. The fourth-order valence-corrected chi connectivity index (χ4v) is 2.58. The molecule has 120 valence electrons. The number of rotatable bonds is 4. The van der Waals surface area contributed by atoms with E-state index in [1.54, 1.807) is 4.90 Å². The summed E-state index contributed by atoms with van der Waals surface area (Å²) in [6, 6.07) is 9.71. The van der Waals surface area contributed by atoms with Crippen LogP contribution in [0.4, 0.5) is 4.79 Å². The first-order valence-corrected chi connectivity index (χ1v) is 7.41. The van der Waals surface area contributed by atoms with Crippen LogP contribution >= 0.6 is 0 Å². The van der Waals surface area contributed by atoms with Crippen LogP contribution in [0.15, 0.2) is 30.3 Å². The molecule has 1 aliphatic rings. The zero-order valence-corrected chi connectivity index (χ0v) is 13.0. The first kappa shape index (κ1) is 16.3. The number of piperidine rings is 1. The zero-order chi connectivity index (χ0) is 15.9. The second-order valence-electron chi connectivity index (χ2n) is 5.29. The Labute approximate surface area is 130 Å². The molecule has 0 N–H and O–H groups in total. The molecule has 6 heteroatoms. The number of carbonyl (C=O) groups is 2. The average Bonchev–Trinajstić information content (AvgIpc) is 2.55. The van der Waals surface area contributed by atoms with E-state index in [1.165, 1.54) is 19.1 Å². The predicted molar refractivity (Wildman–Crippen MR) is 80.8 cm³/mol. The second-order valence-corrected chi connectivity index (χ2v) is 5.29. The summed E-state index contributed by atoms with van der Waals surface area (Å²) in [7, 11) is 1.37. The van der Waals surface area contributed by atoms with Gasteiger partial charge in [0.15, 0.2) is 0 Å². The normalized spacial score (nSPS) is 15.5. The van der Waals surface area contributed by atoms with Gasteiger partial charge in [-0.15, -0.1) is 0 Å². The van der Waals surface area contributed by atoms with Gasteiger partial charge in [-0.1, -0.05) is 30.3 Å². The number of hydroxylamine groups is 2. The molecule has 0 aromatic heterocycles. The molecule has 1 aromatic rings. The Morgan fingerprint density at radius 1 is 1.23 bits per heavy atom. The Hall–Kier alpha value is -2.08. The van der Waals surface area contributed by atoms with Crippen LogP contribution in [0.25, 0.3) is 0 Å². The molecular weight excluding hydrogens is 284 g/mol. The largest absolute Gasteiger partial charge is 0.453 e. The summed E-state index contributed by atoms with van der Waals surface area (Å²) in [5, 5.41) is 1.45. The summed E-state index contributed by atoms with van der Waals surface area (Å²) in [5.41, 5.74) is 1.01. The molecule has 1 fully saturated rings. The Morgan fingerprint density at radius 2 is 1.86 bits per heavy atom. The number of benzene rings is 1. The summed E-state index contributed by atoms with van der Waals surface area (Å²) in [6.45, 7) is 2.99. The molecule has 0 saturated carbocycles. The average molecular weight is 306 g/mol. The van der Waals surface area contributed by atoms with Crippen molar-refractivity contribution in [3.8, 4) is 0 Å². The van der Waals surface area contributed by atoms with Gasteiger partial charge in [0.2, 0.25) is 5.91 Å². The van der Waals surface area contributed by atoms with Gasteiger partial charge in [-0.2, -0.15) is 0 Å². The molecule has 1 aliphatic heterocycles. The molecule has 1 saturated heterocycles. The lowest BCUT2D eigenvalue weighted by molar-refractivity contribution is -0.208. The van der Waals surface area contributed by atoms with Gasteiger partial charge in [-0.3, -0.25) is 9.63 Å². The third-order valence-electron chi connectivity index (χ3n) is 3.75. The molecule has 1 aromatic carbocycles. The third kappa shape index (κ3) is 4.21. The van der Waals surface area contributed by atoms with Crippen molar-refractivity contribution in [3.63, 3.8) is 0 Å². The maximum Gasteiger partial charge on any atom is 0.409 e. The van der Waals surface area contributed by atoms with Crippen molar-refractivity contribution in [1.82, 2.24) is 9.96 Å². The number of ether oxygens (including phenoxy) is 1. The number of carbonyl (C=O) groups excluding carboxylic acids is 2. The van der Waals surface area contributed by atoms with Crippen LogP contribution in [-0.4, -0.2) is 48.2 Å². The number of likely N-dealkylation sites (tertiary alicyclic amines) is 1. The van der Waals surface area contributed by atoms with Gasteiger partial charge in [0, 0.05) is 20.0 Å². The molecule has 1 heterocycles. The Morgan fingerprint density at radius 3 is 2.41 bits per heavy atom. The summed E-state index contributed by atoms with van der Waals surface area (Å²) in [4.78, 5) is 30.7. The topological polar surface area (TPSA) is 59.1 Å². The van der Waals surface area contributed by atoms with Gasteiger partial charge in [0.05, 0.1) is 13.2 Å². The fraction of sp³-hybridized carbons (Fsp3) is 0.500. The van der Waals surface area contributed by atoms with Crippen molar-refractivity contribution >= 4 is 12.0 Å². The van der Waals surface area contributed by atoms with Crippen LogP contribution in [0.5, 0.6) is 0 Å². The molecule has 0 spiro atoms. The van der Waals surface area contributed by atoms with E-state index >= 15 is 0 Å². The van der Waals surface area contributed by atoms with Crippen molar-refractivity contribution in [2.45, 2.75) is 32.4 Å². The van der Waals surface area contributed by atoms with Gasteiger partial charge in [0.1, 0.15) is 6.61 Å². The smallest absolute Gasteiger partial charge is 0.409 e. The quantitative estimate of drug-likeness (QED) is 0.800. The Balaban J connectivity index is 1.89. The highest BCUT2D eigenvalue weighted by Crippen LogP contribution is 2.19. The van der Waals surface area contributed by atoms with Gasteiger partial charge < -0.3 is 9.64 Å². The van der Waals surface area contributed by atoms with E-state index in [9.17, 15) is 9.59 Å². The fourth-order valence-electron chi connectivity index (χ4n) is 2.58. The standard InChI is InChI=1S/C16H22N2O4/c1-13(19)18(22-12-14-6-4-3-5-7-14)15-8-10-17(11-9-15)16(20)21-2/h3-7,15H,8-12H2,1-2H3. The number of methoxy groups -OCH3 is 1. The highest BCUT2D eigenvalue weighted by atomic mass is 16.7. The van der Waals surface area contributed by atoms with Crippen molar-refractivity contribution in [1.29, 1.82) is 0 Å². The number of hydrogen-bond donors (Lipinski definition) is 0. The van der Waals surface area contributed by atoms with E-state index in [-0.39, 0.29) is 18.0 Å². The molecule has 2 rings (SSSR count). The monoisotopic (exact) mass is 306 g/mol. The van der Waals surface area contributed by atoms with Crippen LogP contribution in [-0.2, 0) is 21.0 Å². The van der Waals surface area contributed by atoms with Crippen molar-refractivity contribution in [2.75, 3.05) is 20.2 Å². The van der Waals surface area contributed by atoms with Crippen LogP contribution < -0.4 is 0 Å². The summed E-state index contributed by atoms with van der Waals surface area (Å²) >= 11 is 0. The minimum Gasteiger partial charge on any atom is -0.453 e. The van der Waals surface area contributed by atoms with Crippen molar-refractivity contribution in [2.24, 2.45) is 0 Å². The minimum absolute atomic E-state index is 0.0119. The van der Waals surface area contributed by atoms with Crippen LogP contribution in [0.1, 0.15) is 25.3 Å². The molecule has 0 bridgehead atoms. The molecule has 2 amide bonds. The maximum absolute atomic E-state index is 11.8. The van der Waals surface area contributed by atoms with E-state index < -0.39 is 0 Å². The molecule has 0 aliphatic carbocycles. The molecule has 0 unspecified atom stereocenters. The number of amides is 2. The number of nitrogens with zero attached hydrogens (tertiary/aromatic N) is 2. The lowest BCUT2D eigenvalue weighted by atomic mass is 10.1. The first-order chi connectivity index (χ1) is 10.6. The minimum atomic E-state index is -0.321. The van der Waals surface area contributed by atoms with Gasteiger partial charge in [0.25, 0.3) is 0 Å². The lowest BCUT2D eigenvalue weighted by Crippen LogP contribution is -2.48. The highest BCUT2D eigenvalue weighted by molar-refractivity contribution is 5.72. The summed E-state index contributed by atoms with van der Waals surface area (Å²) < 4.78 is 4.71. The number of hydrogen-bond acceptors (Lipinski definition) is 4. The van der Waals surface area contributed by atoms with Crippen molar-refractivity contribution in [3.05, 3.63) is 35.9 Å². The van der Waals surface area contributed by atoms with E-state index in [0.717, 1.165) is 5.56 Å². The van der Waals surface area contributed by atoms with E-state index in [1.807, 2.05) is 30.3 Å². The lowest BCUT2D eigenvalue weighted by Gasteiger charge is -2.36. The highest BCUT2D eigenvalue weighted by Gasteiger charge is 2.29. The van der Waals surface area contributed by atoms with Crippen molar-refractivity contribution < 1.29 is 19.2 Å². The summed E-state index contributed by atoms with van der Waals surface area (Å²) in [5.74, 6) is -0.118. The van der Waals surface area contributed by atoms with E-state index in [2.05, 4.69) is 0 Å². The van der Waals surface area contributed by atoms with Gasteiger partial charge >= 0.3 is 6.09 Å². The molecule has 0 atom stereocenters. The van der Waals surface area contributed by atoms with E-state index in [4.69, 9.17) is 9.57 Å². The van der Waals surface area contributed by atoms with Crippen LogP contribution in [0.2, 0.25) is 0 Å². The van der Waals surface area contributed by atoms with E-state index in [0.29, 0.717) is 32.5 Å².